The Labute approximate surface area is 160 Å². The maximum Gasteiger partial charge on any atom is 0.258 e. The first-order valence-corrected chi connectivity index (χ1v) is 8.82. The molecule has 3 aromatic carbocycles. The fraction of sp³-hybridized carbons (Fsp3) is 0.0952. The molecule has 0 atom stereocenters. The second-order valence-corrected chi connectivity index (χ2v) is 6.69. The molecule has 27 heavy (non-hydrogen) atoms. The minimum atomic E-state index is -0.673. The van der Waals surface area contributed by atoms with Crippen LogP contribution in [0.25, 0.3) is 0 Å². The molecule has 1 aliphatic rings. The summed E-state index contributed by atoms with van der Waals surface area (Å²) in [5, 5.41) is 3.46. The molecule has 0 saturated carbocycles. The van der Waals surface area contributed by atoms with Crippen molar-refractivity contribution in [3.8, 4) is 0 Å². The van der Waals surface area contributed by atoms with E-state index in [9.17, 15) is 13.6 Å². The summed E-state index contributed by atoms with van der Waals surface area (Å²) in [6, 6.07) is 15.8. The van der Waals surface area contributed by atoms with E-state index >= 15 is 0 Å². The fourth-order valence-corrected chi connectivity index (χ4v) is 3.45. The molecule has 0 aliphatic carbocycles. The van der Waals surface area contributed by atoms with Crippen molar-refractivity contribution in [3.63, 3.8) is 0 Å². The molecule has 0 unspecified atom stereocenters. The fourth-order valence-electron chi connectivity index (χ4n) is 3.21. The molecule has 0 spiro atoms. The highest BCUT2D eigenvalue weighted by Crippen LogP contribution is 2.31. The number of benzene rings is 3. The lowest BCUT2D eigenvalue weighted by Crippen LogP contribution is -2.37. The molecule has 0 radical (unpaired) electrons. The SMILES string of the molecule is O=C1c2ccc(Nc3ccc(F)cc3F)cc2CCN1c1ccccc1Cl. The van der Waals surface area contributed by atoms with Crippen LogP contribution in [0.1, 0.15) is 15.9 Å². The van der Waals surface area contributed by atoms with Gasteiger partial charge in [0.25, 0.3) is 5.91 Å². The van der Waals surface area contributed by atoms with Crippen LogP contribution in [0.2, 0.25) is 5.02 Å². The van der Waals surface area contributed by atoms with Crippen molar-refractivity contribution in [2.75, 3.05) is 16.8 Å². The highest BCUT2D eigenvalue weighted by molar-refractivity contribution is 6.34. The van der Waals surface area contributed by atoms with Crippen LogP contribution in [0.15, 0.2) is 60.7 Å². The van der Waals surface area contributed by atoms with Gasteiger partial charge in [-0.2, -0.15) is 0 Å². The third-order valence-corrected chi connectivity index (χ3v) is 4.86. The van der Waals surface area contributed by atoms with Crippen LogP contribution < -0.4 is 10.2 Å². The predicted octanol–water partition coefficient (Wildman–Crippen LogP) is 5.56. The first-order chi connectivity index (χ1) is 13.0. The quantitative estimate of drug-likeness (QED) is 0.640. The molecule has 1 heterocycles. The van der Waals surface area contributed by atoms with Gasteiger partial charge in [0.05, 0.1) is 16.4 Å². The van der Waals surface area contributed by atoms with Gasteiger partial charge in [0, 0.05) is 23.9 Å². The summed E-state index contributed by atoms with van der Waals surface area (Å²) >= 11 is 6.23. The zero-order valence-corrected chi connectivity index (χ0v) is 14.9. The topological polar surface area (TPSA) is 32.3 Å². The number of nitrogens with zero attached hydrogens (tertiary/aromatic N) is 1. The van der Waals surface area contributed by atoms with Crippen molar-refractivity contribution < 1.29 is 13.6 Å². The molecule has 3 nitrogen and oxygen atoms in total. The average molecular weight is 385 g/mol. The molecule has 1 aliphatic heterocycles. The number of nitrogens with one attached hydrogen (secondary N) is 1. The van der Waals surface area contributed by atoms with Gasteiger partial charge < -0.3 is 10.2 Å². The summed E-state index contributed by atoms with van der Waals surface area (Å²) in [4.78, 5) is 14.5. The van der Waals surface area contributed by atoms with Crippen LogP contribution in [0.4, 0.5) is 25.8 Å². The summed E-state index contributed by atoms with van der Waals surface area (Å²) in [7, 11) is 0. The lowest BCUT2D eigenvalue weighted by molar-refractivity contribution is 0.0980. The Morgan fingerprint density at radius 2 is 1.81 bits per heavy atom. The second kappa shape index (κ2) is 7.00. The number of anilines is 3. The van der Waals surface area contributed by atoms with Gasteiger partial charge in [-0.25, -0.2) is 8.78 Å². The number of carbonyl (C=O) groups is 1. The molecule has 136 valence electrons. The highest BCUT2D eigenvalue weighted by atomic mass is 35.5. The van der Waals surface area contributed by atoms with E-state index in [4.69, 9.17) is 11.6 Å². The molecule has 6 heteroatoms. The Balaban J connectivity index is 1.61. The van der Waals surface area contributed by atoms with Gasteiger partial charge in [0.1, 0.15) is 11.6 Å². The summed E-state index contributed by atoms with van der Waals surface area (Å²) in [6.07, 6.45) is 0.647. The highest BCUT2D eigenvalue weighted by Gasteiger charge is 2.26. The van der Waals surface area contributed by atoms with Crippen molar-refractivity contribution in [2.45, 2.75) is 6.42 Å². The van der Waals surface area contributed by atoms with Crippen LogP contribution in [-0.4, -0.2) is 12.5 Å². The molecular weight excluding hydrogens is 370 g/mol. The van der Waals surface area contributed by atoms with Crippen LogP contribution in [0.3, 0.4) is 0 Å². The summed E-state index contributed by atoms with van der Waals surface area (Å²) in [6.45, 7) is 0.504. The molecule has 1 amide bonds. The number of para-hydroxylation sites is 1. The summed E-state index contributed by atoms with van der Waals surface area (Å²) in [5.74, 6) is -1.42. The Bertz CT molecular complexity index is 1040. The summed E-state index contributed by atoms with van der Waals surface area (Å²) in [5.41, 5.74) is 2.96. The number of amides is 1. The van der Waals surface area contributed by atoms with Gasteiger partial charge in [-0.3, -0.25) is 4.79 Å². The molecule has 0 aromatic heterocycles. The zero-order valence-electron chi connectivity index (χ0n) is 14.2. The number of hydrogen-bond acceptors (Lipinski definition) is 2. The molecule has 0 bridgehead atoms. The normalized spacial score (nSPS) is 13.4. The van der Waals surface area contributed by atoms with E-state index in [0.29, 0.717) is 34.9 Å². The molecule has 4 rings (SSSR count). The maximum absolute atomic E-state index is 13.8. The number of fused-ring (bicyclic) bond motifs is 1. The monoisotopic (exact) mass is 384 g/mol. The Kier molecular flexibility index (Phi) is 4.54. The van der Waals surface area contributed by atoms with E-state index in [1.54, 1.807) is 23.1 Å². The second-order valence-electron chi connectivity index (χ2n) is 6.28. The van der Waals surface area contributed by atoms with Crippen molar-refractivity contribution in [3.05, 3.63) is 88.4 Å². The standard InChI is InChI=1S/C21H15ClF2N2O/c22-17-3-1-2-4-20(17)26-10-9-13-11-15(6-7-16(13)21(26)27)25-19-8-5-14(23)12-18(19)24/h1-8,11-12,25H,9-10H2. The lowest BCUT2D eigenvalue weighted by atomic mass is 9.97. The minimum absolute atomic E-state index is 0.121. The van der Waals surface area contributed by atoms with Gasteiger partial charge in [0.15, 0.2) is 0 Å². The zero-order chi connectivity index (χ0) is 19.0. The van der Waals surface area contributed by atoms with Gasteiger partial charge in [0.2, 0.25) is 0 Å². The Morgan fingerprint density at radius 3 is 2.59 bits per heavy atom. The number of carbonyl (C=O) groups excluding carboxylic acids is 1. The van der Waals surface area contributed by atoms with E-state index in [1.807, 2.05) is 24.3 Å². The van der Waals surface area contributed by atoms with Gasteiger partial charge in [-0.1, -0.05) is 23.7 Å². The van der Waals surface area contributed by atoms with Crippen LogP contribution in [0.5, 0.6) is 0 Å². The molecule has 1 N–H and O–H groups in total. The van der Waals surface area contributed by atoms with Gasteiger partial charge in [-0.05, 0) is 54.4 Å². The minimum Gasteiger partial charge on any atom is -0.353 e. The largest absolute Gasteiger partial charge is 0.353 e. The van der Waals surface area contributed by atoms with E-state index in [-0.39, 0.29) is 11.6 Å². The number of hydrogen-bond donors (Lipinski definition) is 1. The van der Waals surface area contributed by atoms with E-state index in [2.05, 4.69) is 5.32 Å². The third-order valence-electron chi connectivity index (χ3n) is 4.54. The van der Waals surface area contributed by atoms with E-state index in [1.165, 1.54) is 12.1 Å². The van der Waals surface area contributed by atoms with Gasteiger partial charge >= 0.3 is 0 Å². The molecule has 3 aromatic rings. The molecular formula is C21H15ClF2N2O. The maximum atomic E-state index is 13.8. The van der Waals surface area contributed by atoms with Crippen LogP contribution >= 0.6 is 11.6 Å². The number of halogens is 3. The summed E-state index contributed by atoms with van der Waals surface area (Å²) < 4.78 is 26.9. The third kappa shape index (κ3) is 3.38. The van der Waals surface area contributed by atoms with E-state index < -0.39 is 11.6 Å². The van der Waals surface area contributed by atoms with Crippen LogP contribution in [0, 0.1) is 11.6 Å². The number of rotatable bonds is 3. The molecule has 0 fully saturated rings. The first kappa shape index (κ1) is 17.5. The lowest BCUT2D eigenvalue weighted by Gasteiger charge is -2.29. The average Bonchev–Trinajstić information content (AvgIpc) is 2.65. The van der Waals surface area contributed by atoms with Crippen molar-refractivity contribution in [1.82, 2.24) is 0 Å². The van der Waals surface area contributed by atoms with Crippen molar-refractivity contribution >= 4 is 34.6 Å². The van der Waals surface area contributed by atoms with Crippen LogP contribution in [-0.2, 0) is 6.42 Å². The first-order valence-electron chi connectivity index (χ1n) is 8.44. The Morgan fingerprint density at radius 1 is 1.00 bits per heavy atom. The van der Waals surface area contributed by atoms with Crippen molar-refractivity contribution in [1.29, 1.82) is 0 Å². The smallest absolute Gasteiger partial charge is 0.258 e. The van der Waals surface area contributed by atoms with Crippen molar-refractivity contribution in [2.24, 2.45) is 0 Å². The van der Waals surface area contributed by atoms with Gasteiger partial charge in [-0.15, -0.1) is 0 Å². The molecule has 0 saturated heterocycles. The Hall–Kier alpha value is -2.92. The predicted molar refractivity (Wildman–Crippen MR) is 103 cm³/mol. The van der Waals surface area contributed by atoms with E-state index in [0.717, 1.165) is 11.6 Å².